The van der Waals surface area contributed by atoms with Gasteiger partial charge >= 0.3 is 5.97 Å². The molecular weight excluding hydrogens is 186 g/mol. The molecule has 0 amide bonds. The molecular formula is C9H9NO2S. The SMILES string of the molecule is O=C(O)CCc1c[nH]c2ccsc12. The second-order valence-corrected chi connectivity index (χ2v) is 3.79. The van der Waals surface area contributed by atoms with Gasteiger partial charge in [-0.25, -0.2) is 0 Å². The third-order valence-electron chi connectivity index (χ3n) is 1.97. The number of rotatable bonds is 3. The molecule has 0 atom stereocenters. The highest BCUT2D eigenvalue weighted by Crippen LogP contribution is 2.24. The Balaban J connectivity index is 2.23. The van der Waals surface area contributed by atoms with Gasteiger partial charge in [0.05, 0.1) is 10.2 Å². The third-order valence-corrected chi connectivity index (χ3v) is 2.96. The lowest BCUT2D eigenvalue weighted by atomic mass is 10.2. The van der Waals surface area contributed by atoms with Crippen molar-refractivity contribution in [1.29, 1.82) is 0 Å². The highest BCUT2D eigenvalue weighted by atomic mass is 32.1. The van der Waals surface area contributed by atoms with Crippen molar-refractivity contribution in [3.05, 3.63) is 23.2 Å². The fourth-order valence-electron chi connectivity index (χ4n) is 1.33. The molecule has 4 heteroatoms. The molecule has 2 heterocycles. The van der Waals surface area contributed by atoms with Gasteiger partial charge in [0.15, 0.2) is 0 Å². The number of H-pyrrole nitrogens is 1. The van der Waals surface area contributed by atoms with Crippen molar-refractivity contribution in [1.82, 2.24) is 4.98 Å². The van der Waals surface area contributed by atoms with Crippen LogP contribution in [0.2, 0.25) is 0 Å². The van der Waals surface area contributed by atoms with E-state index < -0.39 is 5.97 Å². The smallest absolute Gasteiger partial charge is 0.303 e. The summed E-state index contributed by atoms with van der Waals surface area (Å²) in [5.41, 5.74) is 2.21. The first kappa shape index (κ1) is 8.31. The zero-order valence-electron chi connectivity index (χ0n) is 6.91. The van der Waals surface area contributed by atoms with Crippen LogP contribution in [0.15, 0.2) is 17.6 Å². The number of aromatic amines is 1. The van der Waals surface area contributed by atoms with Gasteiger partial charge in [0, 0.05) is 12.6 Å². The Morgan fingerprint density at radius 2 is 2.46 bits per heavy atom. The summed E-state index contributed by atoms with van der Waals surface area (Å²) in [5, 5.41) is 10.5. The summed E-state index contributed by atoms with van der Waals surface area (Å²) in [4.78, 5) is 13.5. The molecule has 0 aliphatic heterocycles. The first-order valence-corrected chi connectivity index (χ1v) is 4.90. The van der Waals surface area contributed by atoms with Crippen molar-refractivity contribution in [2.24, 2.45) is 0 Å². The summed E-state index contributed by atoms with van der Waals surface area (Å²) >= 11 is 1.65. The van der Waals surface area contributed by atoms with Gasteiger partial charge in [0.2, 0.25) is 0 Å². The highest BCUT2D eigenvalue weighted by Gasteiger charge is 2.06. The van der Waals surface area contributed by atoms with E-state index in [1.54, 1.807) is 11.3 Å². The van der Waals surface area contributed by atoms with Gasteiger partial charge in [-0.15, -0.1) is 11.3 Å². The molecule has 2 aromatic heterocycles. The Bertz CT molecular complexity index is 429. The summed E-state index contributed by atoms with van der Waals surface area (Å²) in [7, 11) is 0. The van der Waals surface area contributed by atoms with E-state index in [9.17, 15) is 4.79 Å². The van der Waals surface area contributed by atoms with Crippen molar-refractivity contribution in [2.45, 2.75) is 12.8 Å². The van der Waals surface area contributed by atoms with E-state index in [2.05, 4.69) is 4.98 Å². The summed E-state index contributed by atoms with van der Waals surface area (Å²) < 4.78 is 1.18. The number of aliphatic carboxylic acids is 1. The molecule has 0 aromatic carbocycles. The second kappa shape index (κ2) is 3.22. The normalized spacial score (nSPS) is 10.8. The average molecular weight is 195 g/mol. The maximum atomic E-state index is 10.4. The molecule has 0 radical (unpaired) electrons. The Labute approximate surface area is 79.0 Å². The number of nitrogens with one attached hydrogen (secondary N) is 1. The summed E-state index contributed by atoms with van der Waals surface area (Å²) in [6, 6.07) is 2.00. The molecule has 13 heavy (non-hydrogen) atoms. The molecule has 68 valence electrons. The van der Waals surface area contributed by atoms with E-state index in [1.807, 2.05) is 17.6 Å². The van der Waals surface area contributed by atoms with Crippen molar-refractivity contribution in [3.8, 4) is 0 Å². The average Bonchev–Trinajstić information content (AvgIpc) is 2.60. The fraction of sp³-hybridized carbons (Fsp3) is 0.222. The Morgan fingerprint density at radius 1 is 1.62 bits per heavy atom. The molecule has 2 N–H and O–H groups in total. The zero-order chi connectivity index (χ0) is 9.26. The maximum Gasteiger partial charge on any atom is 0.303 e. The summed E-state index contributed by atoms with van der Waals surface area (Å²) in [5.74, 6) is -0.745. The largest absolute Gasteiger partial charge is 0.481 e. The van der Waals surface area contributed by atoms with Crippen LogP contribution in [0, 0.1) is 0 Å². The topological polar surface area (TPSA) is 53.1 Å². The van der Waals surface area contributed by atoms with Crippen molar-refractivity contribution < 1.29 is 9.90 Å². The fourth-order valence-corrected chi connectivity index (χ4v) is 2.24. The number of thiophene rings is 1. The van der Waals surface area contributed by atoms with E-state index in [0.29, 0.717) is 6.42 Å². The molecule has 0 saturated carbocycles. The number of hydrogen-bond acceptors (Lipinski definition) is 2. The summed E-state index contributed by atoms with van der Waals surface area (Å²) in [6.45, 7) is 0. The number of hydrogen-bond donors (Lipinski definition) is 2. The van der Waals surface area contributed by atoms with Gasteiger partial charge in [0.1, 0.15) is 0 Å². The van der Waals surface area contributed by atoms with E-state index in [0.717, 1.165) is 11.1 Å². The molecule has 0 fully saturated rings. The van der Waals surface area contributed by atoms with Gasteiger partial charge in [-0.05, 0) is 23.4 Å². The van der Waals surface area contributed by atoms with Crippen LogP contribution in [-0.4, -0.2) is 16.1 Å². The van der Waals surface area contributed by atoms with E-state index in [1.165, 1.54) is 4.70 Å². The van der Waals surface area contributed by atoms with Gasteiger partial charge in [0.25, 0.3) is 0 Å². The van der Waals surface area contributed by atoms with Gasteiger partial charge in [-0.1, -0.05) is 0 Å². The predicted octanol–water partition coefficient (Wildman–Crippen LogP) is 2.25. The minimum absolute atomic E-state index is 0.199. The zero-order valence-corrected chi connectivity index (χ0v) is 7.73. The molecule has 2 aromatic rings. The number of aryl methyl sites for hydroxylation is 1. The van der Waals surface area contributed by atoms with E-state index in [-0.39, 0.29) is 6.42 Å². The maximum absolute atomic E-state index is 10.4. The summed E-state index contributed by atoms with van der Waals surface area (Å²) in [6.07, 6.45) is 2.70. The van der Waals surface area contributed by atoms with Crippen molar-refractivity contribution in [3.63, 3.8) is 0 Å². The van der Waals surface area contributed by atoms with E-state index >= 15 is 0 Å². The highest BCUT2D eigenvalue weighted by molar-refractivity contribution is 7.17. The first-order valence-electron chi connectivity index (χ1n) is 4.02. The monoisotopic (exact) mass is 195 g/mol. The molecule has 3 nitrogen and oxygen atoms in total. The van der Waals surface area contributed by atoms with Crippen LogP contribution in [0.3, 0.4) is 0 Å². The molecule has 2 rings (SSSR count). The minimum Gasteiger partial charge on any atom is -0.481 e. The number of carboxylic acids is 1. The molecule has 0 aliphatic rings. The Morgan fingerprint density at radius 3 is 3.23 bits per heavy atom. The van der Waals surface area contributed by atoms with Crippen molar-refractivity contribution >= 4 is 27.5 Å². The number of fused-ring (bicyclic) bond motifs is 1. The third kappa shape index (κ3) is 1.58. The molecule has 0 spiro atoms. The Kier molecular flexibility index (Phi) is 2.06. The van der Waals surface area contributed by atoms with Crippen LogP contribution in [0.1, 0.15) is 12.0 Å². The molecule has 0 unspecified atom stereocenters. The predicted molar refractivity (Wildman–Crippen MR) is 52.1 cm³/mol. The molecule has 0 saturated heterocycles. The number of carbonyl (C=O) groups is 1. The van der Waals surface area contributed by atoms with Gasteiger partial charge in [-0.2, -0.15) is 0 Å². The van der Waals surface area contributed by atoms with Crippen LogP contribution in [0.25, 0.3) is 10.2 Å². The van der Waals surface area contributed by atoms with Gasteiger partial charge in [-0.3, -0.25) is 4.79 Å². The number of aromatic nitrogens is 1. The lowest BCUT2D eigenvalue weighted by molar-refractivity contribution is -0.136. The molecule has 0 aliphatic carbocycles. The van der Waals surface area contributed by atoms with Crippen LogP contribution >= 0.6 is 11.3 Å². The lowest BCUT2D eigenvalue weighted by Gasteiger charge is -1.92. The van der Waals surface area contributed by atoms with Crippen LogP contribution in [0.4, 0.5) is 0 Å². The minimum atomic E-state index is -0.745. The van der Waals surface area contributed by atoms with E-state index in [4.69, 9.17) is 5.11 Å². The van der Waals surface area contributed by atoms with Crippen molar-refractivity contribution in [2.75, 3.05) is 0 Å². The van der Waals surface area contributed by atoms with Crippen LogP contribution in [0.5, 0.6) is 0 Å². The quantitative estimate of drug-likeness (QED) is 0.789. The first-order chi connectivity index (χ1) is 6.27. The lowest BCUT2D eigenvalue weighted by Crippen LogP contribution is -1.96. The second-order valence-electron chi connectivity index (χ2n) is 2.87. The number of carboxylic acid groups (broad SMARTS) is 1. The standard InChI is InChI=1S/C9H9NO2S/c11-8(12)2-1-6-5-10-7-3-4-13-9(6)7/h3-5,10H,1-2H2,(H,11,12). The van der Waals surface area contributed by atoms with Crippen LogP contribution in [-0.2, 0) is 11.2 Å². The van der Waals surface area contributed by atoms with Crippen LogP contribution < -0.4 is 0 Å². The van der Waals surface area contributed by atoms with Gasteiger partial charge < -0.3 is 10.1 Å². The molecule has 0 bridgehead atoms. The Hall–Kier alpha value is -1.29.